The standard InChI is InChI=1S/C15H27NO5/c1-6-10(7-2)13(18)16-11(14(19)20)8-9-12(17)21-15(3,4)5/h10-11H,6-9H2,1-5H3,(H,16,18)(H,19,20)/t11-/m1/s1. The lowest BCUT2D eigenvalue weighted by molar-refractivity contribution is -0.155. The van der Waals surface area contributed by atoms with E-state index >= 15 is 0 Å². The minimum absolute atomic E-state index is 0.0239. The van der Waals surface area contributed by atoms with Gasteiger partial charge in [-0.15, -0.1) is 0 Å². The number of aliphatic carboxylic acids is 1. The average molecular weight is 301 g/mol. The Hall–Kier alpha value is -1.59. The number of carboxylic acids is 1. The van der Waals surface area contributed by atoms with Gasteiger partial charge >= 0.3 is 11.9 Å². The molecule has 0 saturated carbocycles. The molecular formula is C15H27NO5. The van der Waals surface area contributed by atoms with Gasteiger partial charge < -0.3 is 15.2 Å². The summed E-state index contributed by atoms with van der Waals surface area (Å²) >= 11 is 0. The fourth-order valence-corrected chi connectivity index (χ4v) is 1.86. The lowest BCUT2D eigenvalue weighted by Gasteiger charge is -2.21. The quantitative estimate of drug-likeness (QED) is 0.670. The molecule has 1 amide bonds. The van der Waals surface area contributed by atoms with E-state index in [1.165, 1.54) is 0 Å². The second-order valence-electron chi connectivity index (χ2n) is 6.04. The molecule has 0 rings (SSSR count). The first-order valence-corrected chi connectivity index (χ1v) is 7.35. The minimum Gasteiger partial charge on any atom is -0.480 e. The second kappa shape index (κ2) is 8.64. The summed E-state index contributed by atoms with van der Waals surface area (Å²) in [5.74, 6) is -2.09. The van der Waals surface area contributed by atoms with Crippen LogP contribution in [-0.4, -0.2) is 34.6 Å². The fraction of sp³-hybridized carbons (Fsp3) is 0.800. The summed E-state index contributed by atoms with van der Waals surface area (Å²) in [5, 5.41) is 11.6. The van der Waals surface area contributed by atoms with Crippen molar-refractivity contribution < 1.29 is 24.2 Å². The van der Waals surface area contributed by atoms with Crippen LogP contribution in [0.3, 0.4) is 0 Å². The number of carbonyl (C=O) groups is 3. The van der Waals surface area contributed by atoms with Crippen LogP contribution >= 0.6 is 0 Å². The number of carboxylic acid groups (broad SMARTS) is 1. The highest BCUT2D eigenvalue weighted by atomic mass is 16.6. The van der Waals surface area contributed by atoms with Crippen molar-refractivity contribution in [3.63, 3.8) is 0 Å². The summed E-state index contributed by atoms with van der Waals surface area (Å²) in [6.07, 6.45) is 1.29. The zero-order valence-corrected chi connectivity index (χ0v) is 13.6. The first-order chi connectivity index (χ1) is 9.60. The number of rotatable bonds is 8. The number of esters is 1. The monoisotopic (exact) mass is 301 g/mol. The number of hydrogen-bond acceptors (Lipinski definition) is 4. The van der Waals surface area contributed by atoms with Crippen molar-refractivity contribution in [2.45, 2.75) is 71.9 Å². The Balaban J connectivity index is 4.48. The number of ether oxygens (including phenoxy) is 1. The van der Waals surface area contributed by atoms with Gasteiger partial charge in [0.15, 0.2) is 0 Å². The summed E-state index contributed by atoms with van der Waals surface area (Å²) in [7, 11) is 0. The molecule has 6 nitrogen and oxygen atoms in total. The molecule has 0 aliphatic rings. The van der Waals surface area contributed by atoms with Crippen molar-refractivity contribution in [1.29, 1.82) is 0 Å². The Morgan fingerprint density at radius 1 is 1.14 bits per heavy atom. The Kier molecular flexibility index (Phi) is 7.99. The van der Waals surface area contributed by atoms with Gasteiger partial charge in [0, 0.05) is 12.3 Å². The van der Waals surface area contributed by atoms with Gasteiger partial charge in [-0.3, -0.25) is 9.59 Å². The normalized spacial score (nSPS) is 12.9. The molecule has 2 N–H and O–H groups in total. The van der Waals surface area contributed by atoms with Crippen LogP contribution in [0, 0.1) is 5.92 Å². The molecule has 1 atom stereocenters. The number of carbonyl (C=O) groups excluding carboxylic acids is 2. The van der Waals surface area contributed by atoms with Gasteiger partial charge in [-0.1, -0.05) is 13.8 Å². The lowest BCUT2D eigenvalue weighted by Crippen LogP contribution is -2.43. The maximum atomic E-state index is 11.9. The van der Waals surface area contributed by atoms with Crippen molar-refractivity contribution in [3.05, 3.63) is 0 Å². The number of amides is 1. The minimum atomic E-state index is -1.14. The summed E-state index contributed by atoms with van der Waals surface area (Å²) in [5.41, 5.74) is -0.603. The van der Waals surface area contributed by atoms with Gasteiger partial charge in [-0.2, -0.15) is 0 Å². The second-order valence-corrected chi connectivity index (χ2v) is 6.04. The van der Waals surface area contributed by atoms with Crippen molar-refractivity contribution in [2.75, 3.05) is 0 Å². The summed E-state index contributed by atoms with van der Waals surface area (Å²) in [6.45, 7) is 8.99. The van der Waals surface area contributed by atoms with Crippen LogP contribution in [0.25, 0.3) is 0 Å². The Morgan fingerprint density at radius 3 is 2.05 bits per heavy atom. The molecule has 0 aromatic rings. The molecule has 0 saturated heterocycles. The van der Waals surface area contributed by atoms with Gasteiger partial charge in [-0.05, 0) is 40.0 Å². The summed E-state index contributed by atoms with van der Waals surface area (Å²) in [6, 6.07) is -1.06. The third-order valence-electron chi connectivity index (χ3n) is 3.03. The molecule has 0 aliphatic carbocycles. The third kappa shape index (κ3) is 8.32. The molecule has 0 aliphatic heterocycles. The fourth-order valence-electron chi connectivity index (χ4n) is 1.86. The van der Waals surface area contributed by atoms with Gasteiger partial charge in [0.05, 0.1) is 0 Å². The highest BCUT2D eigenvalue weighted by Crippen LogP contribution is 2.12. The van der Waals surface area contributed by atoms with E-state index in [2.05, 4.69) is 5.32 Å². The molecule has 0 bridgehead atoms. The molecule has 0 spiro atoms. The van der Waals surface area contributed by atoms with E-state index in [4.69, 9.17) is 9.84 Å². The Bertz CT molecular complexity index is 369. The highest BCUT2D eigenvalue weighted by Gasteiger charge is 2.25. The van der Waals surface area contributed by atoms with E-state index in [0.717, 1.165) is 0 Å². The largest absolute Gasteiger partial charge is 0.480 e. The molecule has 0 aromatic carbocycles. The highest BCUT2D eigenvalue weighted by molar-refractivity contribution is 5.85. The smallest absolute Gasteiger partial charge is 0.326 e. The van der Waals surface area contributed by atoms with Gasteiger partial charge in [-0.25, -0.2) is 4.79 Å². The Morgan fingerprint density at radius 2 is 1.67 bits per heavy atom. The zero-order chi connectivity index (χ0) is 16.6. The van der Waals surface area contributed by atoms with E-state index < -0.39 is 23.6 Å². The molecule has 0 fully saturated rings. The first kappa shape index (κ1) is 19.4. The molecule has 6 heteroatoms. The average Bonchev–Trinajstić information content (AvgIpc) is 2.33. The van der Waals surface area contributed by atoms with E-state index in [1.54, 1.807) is 20.8 Å². The van der Waals surface area contributed by atoms with Crippen molar-refractivity contribution in [2.24, 2.45) is 5.92 Å². The maximum absolute atomic E-state index is 11.9. The van der Waals surface area contributed by atoms with E-state index in [0.29, 0.717) is 12.8 Å². The molecule has 0 aromatic heterocycles. The van der Waals surface area contributed by atoms with E-state index in [1.807, 2.05) is 13.8 Å². The van der Waals surface area contributed by atoms with Crippen LogP contribution < -0.4 is 5.32 Å². The zero-order valence-electron chi connectivity index (χ0n) is 13.6. The molecule has 21 heavy (non-hydrogen) atoms. The molecule has 122 valence electrons. The van der Waals surface area contributed by atoms with Crippen LogP contribution in [0.2, 0.25) is 0 Å². The lowest BCUT2D eigenvalue weighted by atomic mass is 10.0. The molecular weight excluding hydrogens is 274 g/mol. The van der Waals surface area contributed by atoms with Gasteiger partial charge in [0.1, 0.15) is 11.6 Å². The van der Waals surface area contributed by atoms with Crippen molar-refractivity contribution >= 4 is 17.8 Å². The molecule has 0 radical (unpaired) electrons. The van der Waals surface area contributed by atoms with E-state index in [9.17, 15) is 14.4 Å². The van der Waals surface area contributed by atoms with Crippen molar-refractivity contribution in [3.8, 4) is 0 Å². The predicted molar refractivity (Wildman–Crippen MR) is 78.7 cm³/mol. The molecule has 0 heterocycles. The number of hydrogen-bond donors (Lipinski definition) is 2. The number of nitrogens with one attached hydrogen (secondary N) is 1. The Labute approximate surface area is 126 Å². The van der Waals surface area contributed by atoms with Crippen LogP contribution in [0.5, 0.6) is 0 Å². The van der Waals surface area contributed by atoms with Crippen molar-refractivity contribution in [1.82, 2.24) is 5.32 Å². The third-order valence-corrected chi connectivity index (χ3v) is 3.03. The van der Waals surface area contributed by atoms with Crippen LogP contribution in [-0.2, 0) is 19.1 Å². The maximum Gasteiger partial charge on any atom is 0.326 e. The van der Waals surface area contributed by atoms with E-state index in [-0.39, 0.29) is 24.7 Å². The van der Waals surface area contributed by atoms with Gasteiger partial charge in [0.2, 0.25) is 5.91 Å². The topological polar surface area (TPSA) is 92.7 Å². The summed E-state index contributed by atoms with van der Waals surface area (Å²) in [4.78, 5) is 34.7. The molecule has 0 unspecified atom stereocenters. The van der Waals surface area contributed by atoms with Crippen LogP contribution in [0.1, 0.15) is 60.3 Å². The van der Waals surface area contributed by atoms with Crippen LogP contribution in [0.4, 0.5) is 0 Å². The van der Waals surface area contributed by atoms with Crippen LogP contribution in [0.15, 0.2) is 0 Å². The van der Waals surface area contributed by atoms with Gasteiger partial charge in [0.25, 0.3) is 0 Å². The first-order valence-electron chi connectivity index (χ1n) is 7.35. The SMILES string of the molecule is CCC(CC)C(=O)N[C@H](CCC(=O)OC(C)(C)C)C(=O)O. The predicted octanol–water partition coefficient (Wildman–Crippen LogP) is 2.11. The summed E-state index contributed by atoms with van der Waals surface area (Å²) < 4.78 is 5.12.